The van der Waals surface area contributed by atoms with Crippen molar-refractivity contribution in [3.63, 3.8) is 0 Å². The van der Waals surface area contributed by atoms with E-state index in [1.165, 1.54) is 44.1 Å². The molecule has 1 N–H and O–H groups in total. The molecular formula is C17H27BrO. The fourth-order valence-corrected chi connectivity index (χ4v) is 3.11. The molecule has 0 heterocycles. The van der Waals surface area contributed by atoms with Gasteiger partial charge in [0.1, 0.15) is 0 Å². The number of hydrogen-bond donors (Lipinski definition) is 1. The summed E-state index contributed by atoms with van der Waals surface area (Å²) in [6.07, 6.45) is 9.58. The molecule has 2 heteroatoms. The van der Waals surface area contributed by atoms with Gasteiger partial charge in [0.15, 0.2) is 0 Å². The molecule has 0 aliphatic carbocycles. The number of benzene rings is 1. The molecule has 1 aromatic rings. The normalized spacial score (nSPS) is 12.6. The first kappa shape index (κ1) is 16.7. The quantitative estimate of drug-likeness (QED) is 0.557. The van der Waals surface area contributed by atoms with Crippen LogP contribution in [0.15, 0.2) is 22.7 Å². The zero-order valence-electron chi connectivity index (χ0n) is 12.3. The molecule has 108 valence electrons. The summed E-state index contributed by atoms with van der Waals surface area (Å²) in [5.74, 6) is 0. The van der Waals surface area contributed by atoms with Gasteiger partial charge in [-0.15, -0.1) is 0 Å². The number of aliphatic hydroxyl groups is 1. The van der Waals surface area contributed by atoms with E-state index in [9.17, 15) is 5.11 Å². The van der Waals surface area contributed by atoms with E-state index in [-0.39, 0.29) is 6.10 Å². The van der Waals surface area contributed by atoms with Crippen molar-refractivity contribution in [1.82, 2.24) is 0 Å². The molecule has 1 unspecified atom stereocenters. The van der Waals surface area contributed by atoms with Gasteiger partial charge in [-0.1, -0.05) is 79.9 Å². The van der Waals surface area contributed by atoms with E-state index in [0.29, 0.717) is 0 Å². The van der Waals surface area contributed by atoms with Crippen LogP contribution in [-0.4, -0.2) is 5.11 Å². The number of aryl methyl sites for hydroxylation is 1. The molecule has 0 bridgehead atoms. The van der Waals surface area contributed by atoms with Crippen molar-refractivity contribution >= 4 is 15.9 Å². The Morgan fingerprint density at radius 1 is 1.05 bits per heavy atom. The second kappa shape index (κ2) is 9.55. The molecule has 0 amide bonds. The van der Waals surface area contributed by atoms with Crippen LogP contribution in [0.3, 0.4) is 0 Å². The van der Waals surface area contributed by atoms with Gasteiger partial charge in [-0.2, -0.15) is 0 Å². The maximum Gasteiger partial charge on any atom is 0.0800 e. The fourth-order valence-electron chi connectivity index (χ4n) is 2.35. The largest absolute Gasteiger partial charge is 0.388 e. The fraction of sp³-hybridized carbons (Fsp3) is 0.647. The van der Waals surface area contributed by atoms with Crippen LogP contribution in [0.25, 0.3) is 0 Å². The Bertz CT molecular complexity index is 362. The van der Waals surface area contributed by atoms with E-state index in [0.717, 1.165) is 22.9 Å². The lowest BCUT2D eigenvalue weighted by molar-refractivity contribution is 0.162. The van der Waals surface area contributed by atoms with Crippen molar-refractivity contribution in [3.05, 3.63) is 33.8 Å². The van der Waals surface area contributed by atoms with Crippen LogP contribution in [0.2, 0.25) is 0 Å². The standard InChI is InChI=1S/C17H27BrO/c1-3-4-5-6-7-8-9-10-17(19)15-12-11-14(2)13-16(15)18/h11-13,17,19H,3-10H2,1-2H3. The van der Waals surface area contributed by atoms with Gasteiger partial charge in [-0.05, 0) is 30.5 Å². The highest BCUT2D eigenvalue weighted by molar-refractivity contribution is 9.10. The van der Waals surface area contributed by atoms with Crippen molar-refractivity contribution in [3.8, 4) is 0 Å². The predicted octanol–water partition coefficient (Wildman–Crippen LogP) is 5.93. The smallest absolute Gasteiger partial charge is 0.0800 e. The minimum absolute atomic E-state index is 0.328. The molecule has 19 heavy (non-hydrogen) atoms. The SMILES string of the molecule is CCCCCCCCCC(O)c1ccc(C)cc1Br. The lowest BCUT2D eigenvalue weighted by Gasteiger charge is -2.13. The van der Waals surface area contributed by atoms with Crippen LogP contribution in [0.1, 0.15) is 75.5 Å². The van der Waals surface area contributed by atoms with Crippen molar-refractivity contribution in [2.45, 2.75) is 71.3 Å². The Hall–Kier alpha value is -0.340. The molecule has 1 rings (SSSR count). The summed E-state index contributed by atoms with van der Waals surface area (Å²) in [6, 6.07) is 6.17. The van der Waals surface area contributed by atoms with E-state index in [1.54, 1.807) is 0 Å². The van der Waals surface area contributed by atoms with E-state index in [4.69, 9.17) is 0 Å². The molecule has 0 saturated heterocycles. The maximum absolute atomic E-state index is 10.2. The number of halogens is 1. The number of rotatable bonds is 9. The van der Waals surface area contributed by atoms with Crippen LogP contribution in [0, 0.1) is 6.92 Å². The highest BCUT2D eigenvalue weighted by Gasteiger charge is 2.10. The summed E-state index contributed by atoms with van der Waals surface area (Å²) in [5.41, 5.74) is 2.25. The van der Waals surface area contributed by atoms with Gasteiger partial charge in [0, 0.05) is 4.47 Å². The minimum Gasteiger partial charge on any atom is -0.388 e. The third kappa shape index (κ3) is 6.58. The summed E-state index contributed by atoms with van der Waals surface area (Å²) in [4.78, 5) is 0. The van der Waals surface area contributed by atoms with Crippen molar-refractivity contribution in [1.29, 1.82) is 0 Å². The summed E-state index contributed by atoms with van der Waals surface area (Å²) < 4.78 is 1.03. The minimum atomic E-state index is -0.328. The predicted molar refractivity (Wildman–Crippen MR) is 86.4 cm³/mol. The van der Waals surface area contributed by atoms with Crippen LogP contribution in [0.4, 0.5) is 0 Å². The molecule has 1 aromatic carbocycles. The van der Waals surface area contributed by atoms with Gasteiger partial charge < -0.3 is 5.11 Å². The van der Waals surface area contributed by atoms with Crippen LogP contribution in [0.5, 0.6) is 0 Å². The summed E-state index contributed by atoms with van der Waals surface area (Å²) in [7, 11) is 0. The van der Waals surface area contributed by atoms with Gasteiger partial charge >= 0.3 is 0 Å². The molecule has 0 aromatic heterocycles. The third-order valence-electron chi connectivity index (χ3n) is 3.60. The molecule has 0 saturated carbocycles. The first-order valence-electron chi connectivity index (χ1n) is 7.59. The first-order chi connectivity index (χ1) is 9.15. The highest BCUT2D eigenvalue weighted by atomic mass is 79.9. The second-order valence-electron chi connectivity index (χ2n) is 5.45. The zero-order chi connectivity index (χ0) is 14.1. The van der Waals surface area contributed by atoms with E-state index < -0.39 is 0 Å². The Balaban J connectivity index is 2.22. The lowest BCUT2D eigenvalue weighted by atomic mass is 10.0. The third-order valence-corrected chi connectivity index (χ3v) is 4.28. The molecule has 0 radical (unpaired) electrons. The van der Waals surface area contributed by atoms with Crippen molar-refractivity contribution in [2.75, 3.05) is 0 Å². The van der Waals surface area contributed by atoms with Crippen LogP contribution in [-0.2, 0) is 0 Å². The Labute approximate surface area is 126 Å². The van der Waals surface area contributed by atoms with Crippen molar-refractivity contribution in [2.24, 2.45) is 0 Å². The topological polar surface area (TPSA) is 20.2 Å². The highest BCUT2D eigenvalue weighted by Crippen LogP contribution is 2.28. The van der Waals surface area contributed by atoms with Gasteiger partial charge in [0.05, 0.1) is 6.10 Å². The average Bonchev–Trinajstić information content (AvgIpc) is 2.37. The Morgan fingerprint density at radius 3 is 2.32 bits per heavy atom. The Morgan fingerprint density at radius 2 is 1.68 bits per heavy atom. The zero-order valence-corrected chi connectivity index (χ0v) is 13.9. The summed E-state index contributed by atoms with van der Waals surface area (Å²) in [6.45, 7) is 4.31. The average molecular weight is 327 g/mol. The van der Waals surface area contributed by atoms with E-state index >= 15 is 0 Å². The van der Waals surface area contributed by atoms with E-state index in [2.05, 4.69) is 41.9 Å². The molecule has 1 atom stereocenters. The number of hydrogen-bond acceptors (Lipinski definition) is 1. The molecule has 0 aliphatic rings. The van der Waals surface area contributed by atoms with Crippen molar-refractivity contribution < 1.29 is 5.11 Å². The molecule has 0 spiro atoms. The Kier molecular flexibility index (Phi) is 8.40. The van der Waals surface area contributed by atoms with Crippen LogP contribution < -0.4 is 0 Å². The molecule has 0 fully saturated rings. The lowest BCUT2D eigenvalue weighted by Crippen LogP contribution is -1.99. The molecule has 0 aliphatic heterocycles. The second-order valence-corrected chi connectivity index (χ2v) is 6.31. The number of aliphatic hydroxyl groups excluding tert-OH is 1. The molecule has 1 nitrogen and oxygen atoms in total. The first-order valence-corrected chi connectivity index (χ1v) is 8.38. The van der Waals surface area contributed by atoms with Gasteiger partial charge in [0.25, 0.3) is 0 Å². The molecular weight excluding hydrogens is 300 g/mol. The van der Waals surface area contributed by atoms with Crippen LogP contribution >= 0.6 is 15.9 Å². The van der Waals surface area contributed by atoms with Gasteiger partial charge in [-0.25, -0.2) is 0 Å². The summed E-state index contributed by atoms with van der Waals surface area (Å²) in [5, 5.41) is 10.2. The number of unbranched alkanes of at least 4 members (excludes halogenated alkanes) is 6. The maximum atomic E-state index is 10.2. The monoisotopic (exact) mass is 326 g/mol. The van der Waals surface area contributed by atoms with E-state index in [1.807, 2.05) is 6.07 Å². The summed E-state index contributed by atoms with van der Waals surface area (Å²) >= 11 is 3.54. The van der Waals surface area contributed by atoms with Gasteiger partial charge in [-0.3, -0.25) is 0 Å². The van der Waals surface area contributed by atoms with Gasteiger partial charge in [0.2, 0.25) is 0 Å².